The summed E-state index contributed by atoms with van der Waals surface area (Å²) in [6.45, 7) is 0. The second-order valence-corrected chi connectivity index (χ2v) is 6.48. The molecule has 4 heteroatoms. The maximum absolute atomic E-state index is 4.74. The van der Waals surface area contributed by atoms with Gasteiger partial charge in [-0.15, -0.1) is 0 Å². The highest BCUT2D eigenvalue weighted by atomic mass is 15.1. The summed E-state index contributed by atoms with van der Waals surface area (Å²) in [5, 5.41) is 0. The Morgan fingerprint density at radius 3 is 1.22 bits per heavy atom. The van der Waals surface area contributed by atoms with Gasteiger partial charge in [-0.05, 0) is 24.3 Å². The highest BCUT2D eigenvalue weighted by Gasteiger charge is 2.12. The Bertz CT molecular complexity index is 969. The number of hydrogen-bond acceptors (Lipinski definition) is 4. The molecule has 132 valence electrons. The number of benzene rings is 3. The van der Waals surface area contributed by atoms with Crippen LogP contribution in [0.25, 0.3) is 34.2 Å². The van der Waals surface area contributed by atoms with Crippen molar-refractivity contribution in [3.8, 4) is 34.2 Å². The number of rotatable bonds is 4. The maximum Gasteiger partial charge on any atom is 0.164 e. The molecule has 0 saturated carbocycles. The minimum Gasteiger partial charge on any atom is -0.378 e. The van der Waals surface area contributed by atoms with Gasteiger partial charge in [0.15, 0.2) is 17.5 Å². The standard InChI is InChI=1S/C23H20N4/c1-27(2)20-15-13-19(14-16-20)23-25-21(17-9-5-3-6-10-17)24-22(26-23)18-11-7-4-8-12-18/h3-16H,1-2H3. The predicted octanol–water partition coefficient (Wildman–Crippen LogP) is 4.94. The van der Waals surface area contributed by atoms with Crippen LogP contribution in [0.15, 0.2) is 84.9 Å². The summed E-state index contributed by atoms with van der Waals surface area (Å²) >= 11 is 0. The molecule has 4 aromatic rings. The van der Waals surface area contributed by atoms with Gasteiger partial charge in [-0.1, -0.05) is 60.7 Å². The van der Waals surface area contributed by atoms with Crippen molar-refractivity contribution in [2.75, 3.05) is 19.0 Å². The van der Waals surface area contributed by atoms with Gasteiger partial charge in [0.1, 0.15) is 0 Å². The summed E-state index contributed by atoms with van der Waals surface area (Å²) in [6.07, 6.45) is 0. The van der Waals surface area contributed by atoms with Gasteiger partial charge < -0.3 is 4.90 Å². The number of nitrogens with zero attached hydrogens (tertiary/aromatic N) is 4. The molecule has 0 amide bonds. The average molecular weight is 352 g/mol. The van der Waals surface area contributed by atoms with Gasteiger partial charge >= 0.3 is 0 Å². The second-order valence-electron chi connectivity index (χ2n) is 6.48. The third-order valence-corrected chi connectivity index (χ3v) is 4.34. The fourth-order valence-corrected chi connectivity index (χ4v) is 2.85. The van der Waals surface area contributed by atoms with Gasteiger partial charge in [0, 0.05) is 36.5 Å². The zero-order valence-corrected chi connectivity index (χ0v) is 15.4. The molecule has 0 atom stereocenters. The van der Waals surface area contributed by atoms with E-state index in [2.05, 4.69) is 17.0 Å². The van der Waals surface area contributed by atoms with Crippen LogP contribution in [0.1, 0.15) is 0 Å². The van der Waals surface area contributed by atoms with E-state index in [9.17, 15) is 0 Å². The summed E-state index contributed by atoms with van der Waals surface area (Å²) in [5.41, 5.74) is 4.06. The first-order valence-corrected chi connectivity index (χ1v) is 8.85. The normalized spacial score (nSPS) is 10.6. The summed E-state index contributed by atoms with van der Waals surface area (Å²) < 4.78 is 0. The van der Waals surface area contributed by atoms with Crippen LogP contribution in [0.3, 0.4) is 0 Å². The Hall–Kier alpha value is -3.53. The smallest absolute Gasteiger partial charge is 0.164 e. The van der Waals surface area contributed by atoms with Crippen LogP contribution in [0, 0.1) is 0 Å². The molecule has 0 N–H and O–H groups in total. The van der Waals surface area contributed by atoms with Crippen LogP contribution < -0.4 is 4.90 Å². The lowest BCUT2D eigenvalue weighted by Gasteiger charge is -2.13. The molecule has 0 aliphatic carbocycles. The first kappa shape index (κ1) is 16.9. The molecule has 0 radical (unpaired) electrons. The lowest BCUT2D eigenvalue weighted by Crippen LogP contribution is -2.08. The predicted molar refractivity (Wildman–Crippen MR) is 110 cm³/mol. The average Bonchev–Trinajstić information content (AvgIpc) is 2.75. The van der Waals surface area contributed by atoms with E-state index in [4.69, 9.17) is 15.0 Å². The van der Waals surface area contributed by atoms with Gasteiger partial charge in [0.05, 0.1) is 0 Å². The molecule has 0 saturated heterocycles. The molecule has 0 spiro atoms. The zero-order chi connectivity index (χ0) is 18.6. The summed E-state index contributed by atoms with van der Waals surface area (Å²) in [6, 6.07) is 28.3. The van der Waals surface area contributed by atoms with Crippen molar-refractivity contribution in [1.82, 2.24) is 15.0 Å². The van der Waals surface area contributed by atoms with E-state index in [1.165, 1.54) is 0 Å². The fourth-order valence-electron chi connectivity index (χ4n) is 2.85. The third-order valence-electron chi connectivity index (χ3n) is 4.34. The minimum absolute atomic E-state index is 0.674. The quantitative estimate of drug-likeness (QED) is 0.522. The lowest BCUT2D eigenvalue weighted by atomic mass is 10.1. The lowest BCUT2D eigenvalue weighted by molar-refractivity contribution is 1.07. The van der Waals surface area contributed by atoms with E-state index in [0.717, 1.165) is 22.4 Å². The number of aromatic nitrogens is 3. The molecule has 0 aliphatic heterocycles. The van der Waals surface area contributed by atoms with E-state index in [-0.39, 0.29) is 0 Å². The summed E-state index contributed by atoms with van der Waals surface area (Å²) in [5.74, 6) is 2.03. The highest BCUT2D eigenvalue weighted by molar-refractivity contribution is 5.67. The molecule has 0 unspecified atom stereocenters. The van der Waals surface area contributed by atoms with E-state index >= 15 is 0 Å². The Balaban J connectivity index is 1.85. The van der Waals surface area contributed by atoms with Crippen LogP contribution in [0.5, 0.6) is 0 Å². The molecule has 4 nitrogen and oxygen atoms in total. The molecule has 3 aromatic carbocycles. The molecule has 1 heterocycles. The van der Waals surface area contributed by atoms with E-state index in [0.29, 0.717) is 17.5 Å². The molecule has 0 fully saturated rings. The van der Waals surface area contributed by atoms with Gasteiger partial charge in [-0.3, -0.25) is 0 Å². The molecule has 27 heavy (non-hydrogen) atoms. The Labute approximate surface area is 159 Å². The summed E-state index contributed by atoms with van der Waals surface area (Å²) in [4.78, 5) is 16.3. The Kier molecular flexibility index (Phi) is 4.62. The van der Waals surface area contributed by atoms with Crippen molar-refractivity contribution in [1.29, 1.82) is 0 Å². The van der Waals surface area contributed by atoms with Crippen LogP contribution in [0.2, 0.25) is 0 Å². The molecule has 1 aromatic heterocycles. The monoisotopic (exact) mass is 352 g/mol. The molecular formula is C23H20N4. The first-order chi connectivity index (χ1) is 13.2. The molecular weight excluding hydrogens is 332 g/mol. The van der Waals surface area contributed by atoms with Crippen LogP contribution in [-0.4, -0.2) is 29.0 Å². The van der Waals surface area contributed by atoms with E-state index in [1.807, 2.05) is 86.9 Å². The van der Waals surface area contributed by atoms with Gasteiger partial charge in [-0.2, -0.15) is 0 Å². The van der Waals surface area contributed by atoms with Crippen molar-refractivity contribution in [3.05, 3.63) is 84.9 Å². The Morgan fingerprint density at radius 1 is 0.481 bits per heavy atom. The van der Waals surface area contributed by atoms with Gasteiger partial charge in [0.25, 0.3) is 0 Å². The van der Waals surface area contributed by atoms with Crippen molar-refractivity contribution in [2.24, 2.45) is 0 Å². The van der Waals surface area contributed by atoms with E-state index < -0.39 is 0 Å². The molecule has 0 aliphatic rings. The number of anilines is 1. The Morgan fingerprint density at radius 2 is 0.852 bits per heavy atom. The van der Waals surface area contributed by atoms with Crippen molar-refractivity contribution in [2.45, 2.75) is 0 Å². The van der Waals surface area contributed by atoms with Crippen LogP contribution >= 0.6 is 0 Å². The number of hydrogen-bond donors (Lipinski definition) is 0. The minimum atomic E-state index is 0.674. The summed E-state index contributed by atoms with van der Waals surface area (Å²) in [7, 11) is 4.05. The largest absolute Gasteiger partial charge is 0.378 e. The van der Waals surface area contributed by atoms with Crippen molar-refractivity contribution < 1.29 is 0 Å². The van der Waals surface area contributed by atoms with Crippen LogP contribution in [-0.2, 0) is 0 Å². The van der Waals surface area contributed by atoms with Crippen molar-refractivity contribution >= 4 is 5.69 Å². The highest BCUT2D eigenvalue weighted by Crippen LogP contribution is 2.25. The molecule has 0 bridgehead atoms. The van der Waals surface area contributed by atoms with E-state index in [1.54, 1.807) is 0 Å². The van der Waals surface area contributed by atoms with Crippen molar-refractivity contribution in [3.63, 3.8) is 0 Å². The maximum atomic E-state index is 4.74. The SMILES string of the molecule is CN(C)c1ccc(-c2nc(-c3ccccc3)nc(-c3ccccc3)n2)cc1. The third kappa shape index (κ3) is 3.70. The van der Waals surface area contributed by atoms with Crippen LogP contribution in [0.4, 0.5) is 5.69 Å². The second kappa shape index (κ2) is 7.38. The zero-order valence-electron chi connectivity index (χ0n) is 15.4. The topological polar surface area (TPSA) is 41.9 Å². The van der Waals surface area contributed by atoms with Gasteiger partial charge in [0.2, 0.25) is 0 Å². The van der Waals surface area contributed by atoms with Gasteiger partial charge in [-0.25, -0.2) is 15.0 Å². The molecule has 4 rings (SSSR count). The first-order valence-electron chi connectivity index (χ1n) is 8.85. The fraction of sp³-hybridized carbons (Fsp3) is 0.0870.